The first-order valence-corrected chi connectivity index (χ1v) is 5.39. The van der Waals surface area contributed by atoms with Crippen LogP contribution in [0.2, 0.25) is 0 Å². The van der Waals surface area contributed by atoms with Crippen LogP contribution in [0.1, 0.15) is 6.42 Å². The maximum Gasteiger partial charge on any atom is 0.152 e. The van der Waals surface area contributed by atoms with Crippen molar-refractivity contribution in [1.29, 1.82) is 0 Å². The van der Waals surface area contributed by atoms with E-state index in [0.29, 0.717) is 6.42 Å². The molecule has 1 aliphatic rings. The van der Waals surface area contributed by atoms with Gasteiger partial charge in [0.2, 0.25) is 0 Å². The molecule has 1 fully saturated rings. The molecule has 5 heteroatoms. The van der Waals surface area contributed by atoms with Crippen molar-refractivity contribution < 1.29 is 18.3 Å². The van der Waals surface area contributed by atoms with Gasteiger partial charge in [-0.15, -0.1) is 0 Å². The molecule has 1 rings (SSSR count). The van der Waals surface area contributed by atoms with E-state index in [4.69, 9.17) is 9.84 Å². The van der Waals surface area contributed by atoms with Crippen LogP contribution in [-0.4, -0.2) is 44.3 Å². The fraction of sp³-hybridized carbons (Fsp3) is 1.00. The summed E-state index contributed by atoms with van der Waals surface area (Å²) in [6, 6.07) is 0. The average molecular weight is 180 g/mol. The van der Waals surface area contributed by atoms with Gasteiger partial charge in [0.25, 0.3) is 0 Å². The first kappa shape index (κ1) is 8.96. The van der Waals surface area contributed by atoms with Gasteiger partial charge in [0, 0.05) is 0 Å². The normalized spacial score (nSPS) is 29.0. The molecule has 0 bridgehead atoms. The molecular weight excluding hydrogens is 168 g/mol. The topological polar surface area (TPSA) is 63.6 Å². The number of ether oxygens (including phenoxy) is 1. The quantitative estimate of drug-likeness (QED) is 0.616. The van der Waals surface area contributed by atoms with Crippen LogP contribution in [0.25, 0.3) is 0 Å². The maximum atomic E-state index is 10.9. The highest BCUT2D eigenvalue weighted by molar-refractivity contribution is 7.91. The summed E-state index contributed by atoms with van der Waals surface area (Å²) in [6.45, 7) is 0.191. The maximum absolute atomic E-state index is 10.9. The molecule has 4 nitrogen and oxygen atoms in total. The minimum absolute atomic E-state index is 0.0451. The Kier molecular flexibility index (Phi) is 2.86. The van der Waals surface area contributed by atoms with Gasteiger partial charge < -0.3 is 9.84 Å². The Balaban J connectivity index is 2.31. The fourth-order valence-corrected chi connectivity index (χ4v) is 2.73. The molecule has 0 spiro atoms. The molecule has 0 aromatic heterocycles. The van der Waals surface area contributed by atoms with Crippen molar-refractivity contribution >= 4 is 9.84 Å². The van der Waals surface area contributed by atoms with E-state index in [1.165, 1.54) is 0 Å². The Morgan fingerprint density at radius 1 is 1.55 bits per heavy atom. The number of rotatable bonds is 3. The van der Waals surface area contributed by atoms with Gasteiger partial charge in [-0.05, 0) is 6.42 Å². The van der Waals surface area contributed by atoms with Gasteiger partial charge in [0.05, 0.1) is 30.8 Å². The van der Waals surface area contributed by atoms with Gasteiger partial charge >= 0.3 is 0 Å². The van der Waals surface area contributed by atoms with E-state index in [0.717, 1.165) is 0 Å². The van der Waals surface area contributed by atoms with E-state index in [1.807, 2.05) is 0 Å². The first-order chi connectivity index (χ1) is 5.14. The van der Waals surface area contributed by atoms with Gasteiger partial charge in [-0.2, -0.15) is 0 Å². The predicted molar refractivity (Wildman–Crippen MR) is 40.1 cm³/mol. The summed E-state index contributed by atoms with van der Waals surface area (Å²) in [4.78, 5) is 0. The summed E-state index contributed by atoms with van der Waals surface area (Å²) in [6.07, 6.45) is 0.384. The van der Waals surface area contributed by atoms with Crippen molar-refractivity contribution in [3.8, 4) is 0 Å². The van der Waals surface area contributed by atoms with E-state index in [1.54, 1.807) is 0 Å². The lowest BCUT2D eigenvalue weighted by Gasteiger charge is -2.06. The summed E-state index contributed by atoms with van der Waals surface area (Å²) in [5, 5.41) is 8.38. The van der Waals surface area contributed by atoms with Crippen molar-refractivity contribution in [3.05, 3.63) is 0 Å². The largest absolute Gasteiger partial charge is 0.394 e. The number of aliphatic hydroxyl groups excluding tert-OH is 1. The summed E-state index contributed by atoms with van der Waals surface area (Å²) < 4.78 is 26.8. The van der Waals surface area contributed by atoms with E-state index < -0.39 is 9.84 Å². The SMILES string of the molecule is O=S1(=O)CC[C@@H](OCCO)C1. The first-order valence-electron chi connectivity index (χ1n) is 3.57. The van der Waals surface area contributed by atoms with Crippen LogP contribution >= 0.6 is 0 Å². The van der Waals surface area contributed by atoms with Crippen LogP contribution in [-0.2, 0) is 14.6 Å². The Bertz CT molecular complexity index is 209. The third-order valence-corrected chi connectivity index (χ3v) is 3.37. The minimum atomic E-state index is -2.83. The lowest BCUT2D eigenvalue weighted by atomic mass is 10.3. The van der Waals surface area contributed by atoms with Crippen molar-refractivity contribution in [2.75, 3.05) is 24.7 Å². The number of sulfone groups is 1. The third kappa shape index (κ3) is 2.76. The fourth-order valence-electron chi connectivity index (χ4n) is 1.11. The van der Waals surface area contributed by atoms with Crippen LogP contribution < -0.4 is 0 Å². The molecule has 11 heavy (non-hydrogen) atoms. The average Bonchev–Trinajstić information content (AvgIpc) is 2.26. The van der Waals surface area contributed by atoms with Gasteiger partial charge in [0.15, 0.2) is 9.84 Å². The Hall–Kier alpha value is -0.130. The van der Waals surface area contributed by atoms with Crippen LogP contribution in [0.15, 0.2) is 0 Å². The molecule has 66 valence electrons. The molecule has 1 N–H and O–H groups in total. The molecule has 1 saturated heterocycles. The molecule has 1 atom stereocenters. The molecule has 0 aliphatic carbocycles. The summed E-state index contributed by atoms with van der Waals surface area (Å²) in [5.41, 5.74) is 0. The highest BCUT2D eigenvalue weighted by Crippen LogP contribution is 2.14. The second kappa shape index (κ2) is 3.51. The van der Waals surface area contributed by atoms with Gasteiger partial charge in [-0.3, -0.25) is 0 Å². The van der Waals surface area contributed by atoms with Crippen molar-refractivity contribution in [3.63, 3.8) is 0 Å². The second-order valence-electron chi connectivity index (χ2n) is 2.62. The standard InChI is InChI=1S/C6H12O4S/c7-2-3-10-6-1-4-11(8,9)5-6/h6-7H,1-5H2/t6-/m1/s1. The predicted octanol–water partition coefficient (Wildman–Crippen LogP) is -0.818. The van der Waals surface area contributed by atoms with E-state index >= 15 is 0 Å². The number of aliphatic hydroxyl groups is 1. The van der Waals surface area contributed by atoms with Crippen molar-refractivity contribution in [2.24, 2.45) is 0 Å². The molecule has 0 saturated carbocycles. The van der Waals surface area contributed by atoms with Gasteiger partial charge in [-0.1, -0.05) is 0 Å². The zero-order valence-corrected chi connectivity index (χ0v) is 7.01. The summed E-state index contributed by atoms with van der Waals surface area (Å²) >= 11 is 0. The Labute approximate surface area is 66.1 Å². The molecule has 0 aromatic carbocycles. The Morgan fingerprint density at radius 3 is 2.73 bits per heavy atom. The number of hydrogen-bond acceptors (Lipinski definition) is 4. The number of hydrogen-bond donors (Lipinski definition) is 1. The highest BCUT2D eigenvalue weighted by Gasteiger charge is 2.27. The summed E-state index contributed by atoms with van der Waals surface area (Å²) in [7, 11) is -2.83. The lowest BCUT2D eigenvalue weighted by molar-refractivity contribution is 0.0433. The molecule has 1 heterocycles. The van der Waals surface area contributed by atoms with Gasteiger partial charge in [0.1, 0.15) is 0 Å². The third-order valence-electron chi connectivity index (χ3n) is 1.64. The van der Waals surface area contributed by atoms with Crippen molar-refractivity contribution in [2.45, 2.75) is 12.5 Å². The van der Waals surface area contributed by atoms with Crippen LogP contribution in [0.3, 0.4) is 0 Å². The smallest absolute Gasteiger partial charge is 0.152 e. The van der Waals surface area contributed by atoms with Crippen LogP contribution in [0.5, 0.6) is 0 Å². The van der Waals surface area contributed by atoms with E-state index in [-0.39, 0.29) is 30.8 Å². The molecular formula is C6H12O4S. The highest BCUT2D eigenvalue weighted by atomic mass is 32.2. The van der Waals surface area contributed by atoms with Crippen molar-refractivity contribution in [1.82, 2.24) is 0 Å². The molecule has 0 radical (unpaired) electrons. The van der Waals surface area contributed by atoms with Crippen LogP contribution in [0.4, 0.5) is 0 Å². The molecule has 0 unspecified atom stereocenters. The van der Waals surface area contributed by atoms with Crippen LogP contribution in [0, 0.1) is 0 Å². The summed E-state index contributed by atoms with van der Waals surface area (Å²) in [5.74, 6) is 0.343. The Morgan fingerprint density at radius 2 is 2.27 bits per heavy atom. The molecule has 0 aromatic rings. The van der Waals surface area contributed by atoms with E-state index in [9.17, 15) is 8.42 Å². The molecule has 1 aliphatic heterocycles. The lowest BCUT2D eigenvalue weighted by Crippen LogP contribution is -2.16. The monoisotopic (exact) mass is 180 g/mol. The van der Waals surface area contributed by atoms with Gasteiger partial charge in [-0.25, -0.2) is 8.42 Å². The zero-order chi connectivity index (χ0) is 8.32. The molecule has 0 amide bonds. The second-order valence-corrected chi connectivity index (χ2v) is 4.85. The zero-order valence-electron chi connectivity index (χ0n) is 6.19. The minimum Gasteiger partial charge on any atom is -0.394 e. The van der Waals surface area contributed by atoms with E-state index in [2.05, 4.69) is 0 Å².